The van der Waals surface area contributed by atoms with Crippen LogP contribution in [0.5, 0.6) is 0 Å². The lowest BCUT2D eigenvalue weighted by Gasteiger charge is -2.44. The lowest BCUT2D eigenvalue weighted by atomic mass is 9.70. The van der Waals surface area contributed by atoms with E-state index in [0.29, 0.717) is 5.56 Å². The summed E-state index contributed by atoms with van der Waals surface area (Å²) in [4.78, 5) is 24.4. The number of ether oxygens (including phenoxy) is 3. The molecule has 1 aromatic carbocycles. The Labute approximate surface area is 133 Å². The zero-order valence-electron chi connectivity index (χ0n) is 12.7. The van der Waals surface area contributed by atoms with Crippen LogP contribution in [0.25, 0.3) is 0 Å². The zero-order valence-corrected chi connectivity index (χ0v) is 12.7. The van der Waals surface area contributed by atoms with Gasteiger partial charge < -0.3 is 19.3 Å². The maximum Gasteiger partial charge on any atom is 0.338 e. The summed E-state index contributed by atoms with van der Waals surface area (Å²) < 4.78 is 16.8. The van der Waals surface area contributed by atoms with Gasteiger partial charge in [0, 0.05) is 18.8 Å². The van der Waals surface area contributed by atoms with E-state index in [1.165, 1.54) is 0 Å². The van der Waals surface area contributed by atoms with Crippen molar-refractivity contribution in [1.82, 2.24) is 0 Å². The van der Waals surface area contributed by atoms with E-state index in [0.717, 1.165) is 0 Å². The van der Waals surface area contributed by atoms with E-state index < -0.39 is 29.6 Å². The summed E-state index contributed by atoms with van der Waals surface area (Å²) in [5.41, 5.74) is -0.556. The van der Waals surface area contributed by atoms with Crippen molar-refractivity contribution in [3.05, 3.63) is 35.9 Å². The Balaban J connectivity index is 1.50. The molecule has 4 rings (SSSR count). The first-order valence-corrected chi connectivity index (χ1v) is 7.75. The van der Waals surface area contributed by atoms with Crippen molar-refractivity contribution in [2.45, 2.75) is 37.4 Å². The van der Waals surface area contributed by atoms with Gasteiger partial charge in [-0.2, -0.15) is 0 Å². The highest BCUT2D eigenvalue weighted by molar-refractivity contribution is 5.89. The van der Waals surface area contributed by atoms with Crippen LogP contribution in [-0.4, -0.2) is 41.1 Å². The van der Waals surface area contributed by atoms with E-state index in [1.54, 1.807) is 31.2 Å². The van der Waals surface area contributed by atoms with Crippen LogP contribution in [0.15, 0.2) is 30.3 Å². The number of carbonyl (C=O) groups is 2. The predicted molar refractivity (Wildman–Crippen MR) is 77.3 cm³/mol. The van der Waals surface area contributed by atoms with Gasteiger partial charge in [0.05, 0.1) is 11.5 Å². The number of aliphatic hydroxyl groups is 1. The first-order chi connectivity index (χ1) is 10.9. The molecule has 2 unspecified atom stereocenters. The first-order valence-electron chi connectivity index (χ1n) is 7.75. The number of hydrogen-bond donors (Lipinski definition) is 1. The molecule has 3 fully saturated rings. The van der Waals surface area contributed by atoms with Gasteiger partial charge in [-0.1, -0.05) is 18.2 Å². The molecule has 6 nitrogen and oxygen atoms in total. The molecule has 2 heterocycles. The molecule has 1 N–H and O–H groups in total. The molecule has 3 bridgehead atoms. The van der Waals surface area contributed by atoms with Crippen LogP contribution >= 0.6 is 0 Å². The SMILES string of the molecule is C[C@]12CC(=O)C3C[C@@]1(O)OC(O2)[C@H]3COC(=O)c1ccccc1. The molecule has 5 atom stereocenters. The lowest BCUT2D eigenvalue weighted by Crippen LogP contribution is -2.59. The van der Waals surface area contributed by atoms with Crippen LogP contribution in [0.2, 0.25) is 0 Å². The predicted octanol–water partition coefficient (Wildman–Crippen LogP) is 1.27. The molecule has 6 heteroatoms. The molecule has 2 saturated heterocycles. The minimum atomic E-state index is -1.42. The molecule has 0 spiro atoms. The number of esters is 1. The molecular weight excluding hydrogens is 300 g/mol. The van der Waals surface area contributed by atoms with Crippen LogP contribution in [-0.2, 0) is 19.0 Å². The maximum atomic E-state index is 12.3. The van der Waals surface area contributed by atoms with Crippen LogP contribution < -0.4 is 0 Å². The number of Topliss-reactive ketones (excluding diaryl/α,β-unsaturated/α-hetero) is 1. The van der Waals surface area contributed by atoms with Gasteiger partial charge in [-0.3, -0.25) is 4.79 Å². The van der Waals surface area contributed by atoms with Gasteiger partial charge in [0.15, 0.2) is 12.1 Å². The molecular formula is C17H18O6. The lowest BCUT2D eigenvalue weighted by molar-refractivity contribution is -0.271. The Morgan fingerprint density at radius 3 is 2.83 bits per heavy atom. The van der Waals surface area contributed by atoms with Gasteiger partial charge in [0.25, 0.3) is 0 Å². The Morgan fingerprint density at radius 2 is 2.09 bits per heavy atom. The minimum absolute atomic E-state index is 0.0287. The molecule has 0 amide bonds. The summed E-state index contributed by atoms with van der Waals surface area (Å²) in [5.74, 6) is -2.63. The molecule has 23 heavy (non-hydrogen) atoms. The van der Waals surface area contributed by atoms with Crippen molar-refractivity contribution in [2.24, 2.45) is 11.8 Å². The third-order valence-electron chi connectivity index (χ3n) is 5.22. The van der Waals surface area contributed by atoms with Crippen LogP contribution in [0.3, 0.4) is 0 Å². The van der Waals surface area contributed by atoms with Gasteiger partial charge in [-0.25, -0.2) is 4.79 Å². The van der Waals surface area contributed by atoms with Crippen molar-refractivity contribution in [3.63, 3.8) is 0 Å². The summed E-state index contributed by atoms with van der Waals surface area (Å²) >= 11 is 0. The highest BCUT2D eigenvalue weighted by Gasteiger charge is 2.69. The fourth-order valence-electron chi connectivity index (χ4n) is 3.79. The standard InChI is InChI=1S/C17H18O6/c1-16-8-13(18)11-7-17(16,20)23-15(22-16)12(11)9-21-14(19)10-5-3-2-4-6-10/h2-6,11-12,15,20H,7-9H2,1H3/t11?,12-,15?,16-,17+/m0/s1. The second kappa shape index (κ2) is 4.87. The normalized spacial score (nSPS) is 41.1. The van der Waals surface area contributed by atoms with Gasteiger partial charge in [-0.05, 0) is 19.1 Å². The summed E-state index contributed by atoms with van der Waals surface area (Å²) in [6.45, 7) is 1.72. The highest BCUT2D eigenvalue weighted by Crippen LogP contribution is 2.56. The van der Waals surface area contributed by atoms with Gasteiger partial charge in [0.2, 0.25) is 0 Å². The maximum absolute atomic E-state index is 12.3. The van der Waals surface area contributed by atoms with Gasteiger partial charge >= 0.3 is 5.97 Å². The number of rotatable bonds is 3. The second-order valence-electron chi connectivity index (χ2n) is 6.70. The average Bonchev–Trinajstić information content (AvgIpc) is 2.69. The molecule has 122 valence electrons. The number of benzene rings is 1. The summed E-state index contributed by atoms with van der Waals surface area (Å²) in [6.07, 6.45) is -0.418. The summed E-state index contributed by atoms with van der Waals surface area (Å²) in [7, 11) is 0. The van der Waals surface area contributed by atoms with Crippen LogP contribution in [0.1, 0.15) is 30.1 Å². The molecule has 1 aliphatic carbocycles. The Morgan fingerprint density at radius 1 is 1.35 bits per heavy atom. The Bertz CT molecular complexity index is 658. The van der Waals surface area contributed by atoms with E-state index in [-0.39, 0.29) is 31.1 Å². The van der Waals surface area contributed by atoms with E-state index in [9.17, 15) is 14.7 Å². The van der Waals surface area contributed by atoms with Gasteiger partial charge in [0.1, 0.15) is 18.0 Å². The second-order valence-corrected chi connectivity index (χ2v) is 6.70. The number of ketones is 1. The zero-order chi connectivity index (χ0) is 16.2. The highest BCUT2D eigenvalue weighted by atomic mass is 16.8. The smallest absolute Gasteiger partial charge is 0.338 e. The topological polar surface area (TPSA) is 82.1 Å². The number of hydrogen-bond acceptors (Lipinski definition) is 6. The van der Waals surface area contributed by atoms with E-state index >= 15 is 0 Å². The number of carbonyl (C=O) groups excluding carboxylic acids is 2. The quantitative estimate of drug-likeness (QED) is 0.845. The van der Waals surface area contributed by atoms with Crippen LogP contribution in [0, 0.1) is 11.8 Å². The van der Waals surface area contributed by atoms with Crippen molar-refractivity contribution < 1.29 is 28.9 Å². The van der Waals surface area contributed by atoms with Gasteiger partial charge in [-0.15, -0.1) is 0 Å². The molecule has 3 aliphatic rings. The fraction of sp³-hybridized carbons (Fsp3) is 0.529. The summed E-state index contributed by atoms with van der Waals surface area (Å²) in [5, 5.41) is 10.6. The molecule has 1 saturated carbocycles. The molecule has 0 radical (unpaired) electrons. The number of fused-ring (bicyclic) bond motifs is 2. The fourth-order valence-corrected chi connectivity index (χ4v) is 3.79. The van der Waals surface area contributed by atoms with E-state index in [4.69, 9.17) is 14.2 Å². The molecule has 2 aliphatic heterocycles. The van der Waals surface area contributed by atoms with Crippen molar-refractivity contribution >= 4 is 11.8 Å². The van der Waals surface area contributed by atoms with E-state index in [2.05, 4.69) is 0 Å². The minimum Gasteiger partial charge on any atom is -0.462 e. The molecule has 1 aromatic rings. The monoisotopic (exact) mass is 318 g/mol. The summed E-state index contributed by atoms with van der Waals surface area (Å²) in [6, 6.07) is 8.67. The Kier molecular flexibility index (Phi) is 3.13. The molecule has 0 aromatic heterocycles. The first kappa shape index (κ1) is 14.8. The van der Waals surface area contributed by atoms with Crippen LogP contribution in [0.4, 0.5) is 0 Å². The van der Waals surface area contributed by atoms with Crippen molar-refractivity contribution in [3.8, 4) is 0 Å². The third kappa shape index (κ3) is 2.13. The third-order valence-corrected chi connectivity index (χ3v) is 5.22. The Hall–Kier alpha value is -1.76. The van der Waals surface area contributed by atoms with E-state index in [1.807, 2.05) is 6.07 Å². The van der Waals surface area contributed by atoms with Crippen molar-refractivity contribution in [1.29, 1.82) is 0 Å². The largest absolute Gasteiger partial charge is 0.462 e. The average molecular weight is 318 g/mol. The van der Waals surface area contributed by atoms with Crippen molar-refractivity contribution in [2.75, 3.05) is 6.61 Å².